The Balaban J connectivity index is 0. The molecule has 0 amide bonds. The first-order valence-electron chi connectivity index (χ1n) is 1.72. The van der Waals surface area contributed by atoms with Gasteiger partial charge in [0.1, 0.15) is 0 Å². The van der Waals surface area contributed by atoms with Crippen molar-refractivity contribution < 1.29 is 37.5 Å². The van der Waals surface area contributed by atoms with Crippen LogP contribution in [0.15, 0.2) is 0 Å². The highest BCUT2D eigenvalue weighted by Crippen LogP contribution is 2.02. The predicted molar refractivity (Wildman–Crippen MR) is 31.6 cm³/mol. The maximum atomic E-state index is 9.84. The van der Waals surface area contributed by atoms with Gasteiger partial charge >= 0.3 is 39.6 Å². The van der Waals surface area contributed by atoms with Gasteiger partial charge in [-0.1, -0.05) is 4.33 Å². The number of aliphatic hydroxyl groups is 3. The molecule has 0 aromatic heterocycles. The topological polar surface area (TPSA) is 134 Å². The summed E-state index contributed by atoms with van der Waals surface area (Å²) in [6, 6.07) is 0. The molecular formula is CH6MgO8S. The second kappa shape index (κ2) is 4.49. The van der Waals surface area contributed by atoms with Crippen molar-refractivity contribution in [2.45, 2.75) is 6.16 Å². The standard InChI is InChI=1S/CH4O8S.Mg.2H/c2-1(3,4)8-10(6,7)9-5;;;/h2-5H;;;. The van der Waals surface area contributed by atoms with Crippen LogP contribution in [-0.4, -0.2) is 58.2 Å². The number of hydrogen-bond donors (Lipinski definition) is 4. The Labute approximate surface area is 77.4 Å². The fourth-order valence-electron chi connectivity index (χ4n) is 0.152. The summed E-state index contributed by atoms with van der Waals surface area (Å²) >= 11 is 0. The van der Waals surface area contributed by atoms with E-state index in [1.54, 1.807) is 0 Å². The molecule has 8 nitrogen and oxygen atoms in total. The normalized spacial score (nSPS) is 12.4. The average Bonchev–Trinajstić information content (AvgIpc) is 1.60. The lowest BCUT2D eigenvalue weighted by atomic mass is 11.2. The van der Waals surface area contributed by atoms with Crippen molar-refractivity contribution in [2.24, 2.45) is 0 Å². The van der Waals surface area contributed by atoms with Crippen LogP contribution >= 0.6 is 0 Å². The molecule has 0 heterocycles. The van der Waals surface area contributed by atoms with Gasteiger partial charge < -0.3 is 15.3 Å². The molecule has 0 aliphatic carbocycles. The Hall–Kier alpha value is 0.476. The first kappa shape index (κ1) is 14.0. The van der Waals surface area contributed by atoms with E-state index in [2.05, 4.69) is 8.52 Å². The summed E-state index contributed by atoms with van der Waals surface area (Å²) in [5.41, 5.74) is 0. The Morgan fingerprint density at radius 1 is 1.18 bits per heavy atom. The third-order valence-corrected chi connectivity index (χ3v) is 0.915. The van der Waals surface area contributed by atoms with Crippen LogP contribution in [0.3, 0.4) is 0 Å². The van der Waals surface area contributed by atoms with Gasteiger partial charge in [-0.3, -0.25) is 0 Å². The maximum Gasteiger partial charge on any atom is 0.432 e. The summed E-state index contributed by atoms with van der Waals surface area (Å²) in [6.07, 6.45) is -3.89. The second-order valence-electron chi connectivity index (χ2n) is 1.14. The van der Waals surface area contributed by atoms with Crippen molar-refractivity contribution in [1.82, 2.24) is 0 Å². The lowest BCUT2D eigenvalue weighted by molar-refractivity contribution is -0.422. The van der Waals surface area contributed by atoms with E-state index in [-0.39, 0.29) is 23.1 Å². The van der Waals surface area contributed by atoms with Gasteiger partial charge in [-0.2, -0.15) is 12.6 Å². The molecule has 0 aliphatic rings. The van der Waals surface area contributed by atoms with Gasteiger partial charge in [0.05, 0.1) is 0 Å². The highest BCUT2D eigenvalue weighted by atomic mass is 32.3. The minimum Gasteiger partial charge on any atom is -0.318 e. The van der Waals surface area contributed by atoms with Crippen molar-refractivity contribution >= 4 is 33.5 Å². The Morgan fingerprint density at radius 2 is 1.55 bits per heavy atom. The van der Waals surface area contributed by atoms with Crippen LogP contribution in [0.25, 0.3) is 0 Å². The Bertz CT molecular complexity index is 187. The van der Waals surface area contributed by atoms with Gasteiger partial charge in [-0.25, -0.2) is 5.26 Å². The quantitative estimate of drug-likeness (QED) is 0.160. The van der Waals surface area contributed by atoms with Gasteiger partial charge in [0.25, 0.3) is 0 Å². The zero-order valence-electron chi connectivity index (χ0n) is 4.33. The average molecular weight is 202 g/mol. The van der Waals surface area contributed by atoms with Crippen LogP contribution in [0.4, 0.5) is 0 Å². The first-order chi connectivity index (χ1) is 4.27. The summed E-state index contributed by atoms with van der Waals surface area (Å²) in [4.78, 5) is 0. The van der Waals surface area contributed by atoms with Crippen LogP contribution in [-0.2, 0) is 18.9 Å². The van der Waals surface area contributed by atoms with E-state index in [1.165, 1.54) is 0 Å². The molecule has 10 heteroatoms. The molecule has 0 saturated heterocycles. The molecule has 11 heavy (non-hydrogen) atoms. The molecule has 0 aliphatic heterocycles. The van der Waals surface area contributed by atoms with Crippen LogP contribution in [0, 0.1) is 0 Å². The van der Waals surface area contributed by atoms with Crippen molar-refractivity contribution in [1.29, 1.82) is 0 Å². The molecule has 0 fully saturated rings. The highest BCUT2D eigenvalue weighted by Gasteiger charge is 2.29. The molecule has 0 atom stereocenters. The SMILES string of the molecule is O=S(=O)(OO)OC(O)(O)O.[MgH2]. The van der Waals surface area contributed by atoms with Crippen molar-refractivity contribution in [3.05, 3.63) is 0 Å². The minimum atomic E-state index is -4.97. The summed E-state index contributed by atoms with van der Waals surface area (Å²) in [5, 5.41) is 30.8. The summed E-state index contributed by atoms with van der Waals surface area (Å²) in [7, 11) is -4.97. The molecule has 0 unspecified atom stereocenters. The maximum absolute atomic E-state index is 9.84. The summed E-state index contributed by atoms with van der Waals surface area (Å²) in [6.45, 7) is 0. The molecule has 0 rings (SSSR count). The van der Waals surface area contributed by atoms with Crippen LogP contribution in [0.1, 0.15) is 0 Å². The summed E-state index contributed by atoms with van der Waals surface area (Å²) < 4.78 is 25.2. The number of hydrogen-bond acceptors (Lipinski definition) is 8. The van der Waals surface area contributed by atoms with Crippen LogP contribution < -0.4 is 0 Å². The fraction of sp³-hybridized carbons (Fsp3) is 1.00. The van der Waals surface area contributed by atoms with E-state index in [4.69, 9.17) is 20.6 Å². The van der Waals surface area contributed by atoms with Gasteiger partial charge in [0, 0.05) is 0 Å². The largest absolute Gasteiger partial charge is 0.432 e. The van der Waals surface area contributed by atoms with E-state index in [9.17, 15) is 8.42 Å². The second-order valence-corrected chi connectivity index (χ2v) is 2.27. The molecule has 0 aromatic carbocycles. The van der Waals surface area contributed by atoms with Gasteiger partial charge in [0.2, 0.25) is 0 Å². The zero-order chi connectivity index (χ0) is 8.41. The summed E-state index contributed by atoms with van der Waals surface area (Å²) in [5.74, 6) is 0. The van der Waals surface area contributed by atoms with E-state index in [1.807, 2.05) is 0 Å². The minimum absolute atomic E-state index is 0. The van der Waals surface area contributed by atoms with Crippen molar-refractivity contribution in [3.8, 4) is 0 Å². The first-order valence-corrected chi connectivity index (χ1v) is 3.06. The predicted octanol–water partition coefficient (Wildman–Crippen LogP) is -3.59. The third kappa shape index (κ3) is 8.38. The van der Waals surface area contributed by atoms with E-state index in [0.717, 1.165) is 0 Å². The molecular weight excluding hydrogens is 196 g/mol. The van der Waals surface area contributed by atoms with E-state index in [0.29, 0.717) is 0 Å². The lowest BCUT2D eigenvalue weighted by Crippen LogP contribution is -2.34. The van der Waals surface area contributed by atoms with Gasteiger partial charge in [-0.05, 0) is 0 Å². The molecule has 66 valence electrons. The molecule has 4 N–H and O–H groups in total. The van der Waals surface area contributed by atoms with E-state index >= 15 is 0 Å². The third-order valence-electron chi connectivity index (χ3n) is 0.305. The smallest absolute Gasteiger partial charge is 0.318 e. The molecule has 0 spiro atoms. The molecule has 0 aromatic rings. The zero-order valence-corrected chi connectivity index (χ0v) is 5.15. The van der Waals surface area contributed by atoms with Crippen molar-refractivity contribution in [3.63, 3.8) is 0 Å². The highest BCUT2D eigenvalue weighted by molar-refractivity contribution is 7.81. The molecule has 0 saturated carbocycles. The number of rotatable bonds is 3. The monoisotopic (exact) mass is 202 g/mol. The fourth-order valence-corrected chi connectivity index (χ4v) is 0.456. The Morgan fingerprint density at radius 3 is 1.64 bits per heavy atom. The Kier molecular flexibility index (Phi) is 5.72. The van der Waals surface area contributed by atoms with Crippen molar-refractivity contribution in [2.75, 3.05) is 0 Å². The van der Waals surface area contributed by atoms with Crippen LogP contribution in [0.5, 0.6) is 0 Å². The lowest BCUT2D eigenvalue weighted by Gasteiger charge is -2.10. The molecule has 0 bridgehead atoms. The van der Waals surface area contributed by atoms with Gasteiger partial charge in [-0.15, -0.1) is 0 Å². The van der Waals surface area contributed by atoms with E-state index < -0.39 is 16.6 Å². The van der Waals surface area contributed by atoms with Crippen LogP contribution in [0.2, 0.25) is 0 Å². The van der Waals surface area contributed by atoms with Gasteiger partial charge in [0.15, 0.2) is 0 Å². The molecule has 0 radical (unpaired) electrons.